The molecule has 0 saturated heterocycles. The molecule has 0 N–H and O–H groups in total. The van der Waals surface area contributed by atoms with E-state index in [9.17, 15) is 0 Å². The predicted molar refractivity (Wildman–Crippen MR) is 458 cm³/mol. The maximum atomic E-state index is 16.0. The van der Waals surface area contributed by atoms with Gasteiger partial charge in [0.15, 0.2) is 0 Å². The van der Waals surface area contributed by atoms with Crippen molar-refractivity contribution in [2.45, 2.75) is 324 Å². The molecular weight excluding hydrogens is 1360 g/mol. The predicted octanol–water partition coefficient (Wildman–Crippen LogP) is 29.8. The number of carbonyl (C=O) groups is 4. The SMILES string of the molecule is CCCCCCCCCCCCCCCCCCN1C(=O)c2cc(Oc3ccc(C(C)(C)C)cc3)c3c4c(Oc5ccc(C(C)(C)C)cc5)cc5c6c(cc(Oc7ccc(C(C)(C)C)cc7)c(c7c(Oc8ccc(C(C)(C)C)cc8)cc(c2c37)C1=O)c64)C(=O)N(CCCCCCCCCCCCCCCCCC)C5=O. The first-order valence-corrected chi connectivity index (χ1v) is 43.0. The number of fused-ring (bicyclic) bond motifs is 2. The lowest BCUT2D eigenvalue weighted by Gasteiger charge is -2.32. The lowest BCUT2D eigenvalue weighted by atomic mass is 9.80. The molecule has 0 spiro atoms. The van der Waals surface area contributed by atoms with Crippen molar-refractivity contribution in [1.29, 1.82) is 0 Å². The second-order valence-electron chi connectivity index (χ2n) is 36.3. The first kappa shape index (κ1) is 82.7. The molecule has 0 aromatic heterocycles. The Morgan fingerprint density at radius 2 is 0.400 bits per heavy atom. The fourth-order valence-corrected chi connectivity index (χ4v) is 16.6. The van der Waals surface area contributed by atoms with Crippen molar-refractivity contribution in [2.24, 2.45) is 0 Å². The lowest BCUT2D eigenvalue weighted by Crippen LogP contribution is -2.41. The van der Waals surface area contributed by atoms with Crippen molar-refractivity contribution in [1.82, 2.24) is 9.80 Å². The molecule has 9 aromatic rings. The number of nitrogens with zero attached hydrogens (tertiary/aromatic N) is 2. The van der Waals surface area contributed by atoms with Crippen molar-refractivity contribution >= 4 is 66.7 Å². The molecule has 0 aliphatic carbocycles. The number of ether oxygens (including phenoxy) is 4. The van der Waals surface area contributed by atoms with Gasteiger partial charge in [0.2, 0.25) is 0 Å². The quantitative estimate of drug-likeness (QED) is 0.0161. The average Bonchev–Trinajstić information content (AvgIpc) is 0.672. The summed E-state index contributed by atoms with van der Waals surface area (Å²) in [5, 5.41) is 3.94. The normalized spacial score (nSPS) is 13.5. The van der Waals surface area contributed by atoms with Crippen LogP contribution in [0.5, 0.6) is 46.0 Å². The molecule has 2 heterocycles. The number of carbonyl (C=O) groups excluding carboxylic acids is 4. The Hall–Kier alpha value is -8.24. The highest BCUT2D eigenvalue weighted by molar-refractivity contribution is 6.44. The molecule has 4 amide bonds. The zero-order valence-electron chi connectivity index (χ0n) is 69.7. The minimum Gasteiger partial charge on any atom is -0.457 e. The molecule has 10 heteroatoms. The van der Waals surface area contributed by atoms with Gasteiger partial charge in [0.25, 0.3) is 23.6 Å². The van der Waals surface area contributed by atoms with E-state index in [1.807, 2.05) is 72.8 Å². The zero-order valence-corrected chi connectivity index (χ0v) is 69.7. The molecular formula is C100H130N2O8. The second kappa shape index (κ2) is 37.4. The molecule has 0 atom stereocenters. The number of hydrogen-bond donors (Lipinski definition) is 0. The van der Waals surface area contributed by atoms with Crippen molar-refractivity contribution in [3.05, 3.63) is 166 Å². The number of hydrogen-bond acceptors (Lipinski definition) is 8. The number of benzene rings is 9. The highest BCUT2D eigenvalue weighted by atomic mass is 16.5. The lowest BCUT2D eigenvalue weighted by molar-refractivity contribution is 0.0592. The Morgan fingerprint density at radius 1 is 0.227 bits per heavy atom. The van der Waals surface area contributed by atoms with Gasteiger partial charge in [-0.2, -0.15) is 0 Å². The van der Waals surface area contributed by atoms with Crippen LogP contribution in [0.1, 0.15) is 366 Å². The van der Waals surface area contributed by atoms with Gasteiger partial charge in [-0.15, -0.1) is 0 Å². The van der Waals surface area contributed by atoms with E-state index in [0.717, 1.165) is 60.8 Å². The van der Waals surface area contributed by atoms with Gasteiger partial charge in [0.05, 0.1) is 22.3 Å². The van der Waals surface area contributed by atoms with Gasteiger partial charge in [-0.1, -0.05) is 338 Å². The van der Waals surface area contributed by atoms with Gasteiger partial charge in [0, 0.05) is 56.2 Å². The first-order valence-electron chi connectivity index (χ1n) is 43.0. The van der Waals surface area contributed by atoms with Crippen LogP contribution in [0.4, 0.5) is 0 Å². The van der Waals surface area contributed by atoms with E-state index in [1.54, 1.807) is 0 Å². The highest BCUT2D eigenvalue weighted by Crippen LogP contribution is 2.58. The third kappa shape index (κ3) is 20.1. The van der Waals surface area contributed by atoms with Crippen molar-refractivity contribution in [2.75, 3.05) is 13.1 Å². The van der Waals surface area contributed by atoms with Crippen molar-refractivity contribution in [3.63, 3.8) is 0 Å². The fraction of sp³-hybridized carbons (Fsp3) is 0.520. The maximum absolute atomic E-state index is 16.0. The zero-order chi connectivity index (χ0) is 78.3. The molecule has 10 nitrogen and oxygen atoms in total. The summed E-state index contributed by atoms with van der Waals surface area (Å²) in [4.78, 5) is 66.8. The summed E-state index contributed by atoms with van der Waals surface area (Å²) < 4.78 is 29.6. The summed E-state index contributed by atoms with van der Waals surface area (Å²) in [6, 6.07) is 39.6. The van der Waals surface area contributed by atoms with E-state index in [1.165, 1.54) is 164 Å². The number of amides is 4. The topological polar surface area (TPSA) is 112 Å². The minimum atomic E-state index is -0.414. The highest BCUT2D eigenvalue weighted by Gasteiger charge is 2.42. The molecule has 588 valence electrons. The molecule has 0 saturated carbocycles. The smallest absolute Gasteiger partial charge is 0.261 e. The van der Waals surface area contributed by atoms with Crippen LogP contribution >= 0.6 is 0 Å². The van der Waals surface area contributed by atoms with E-state index in [4.69, 9.17) is 18.9 Å². The van der Waals surface area contributed by atoms with Crippen LogP contribution in [0.15, 0.2) is 121 Å². The van der Waals surface area contributed by atoms with Crippen LogP contribution in [-0.2, 0) is 21.7 Å². The summed E-state index contributed by atoms with van der Waals surface area (Å²) in [6.45, 7) is 31.2. The molecule has 0 fully saturated rings. The minimum absolute atomic E-state index is 0.164. The maximum Gasteiger partial charge on any atom is 0.261 e. The molecule has 110 heavy (non-hydrogen) atoms. The van der Waals surface area contributed by atoms with Gasteiger partial charge < -0.3 is 18.9 Å². The molecule has 11 rings (SSSR count). The Bertz CT molecular complexity index is 4030. The molecule has 2 aliphatic rings. The van der Waals surface area contributed by atoms with Crippen LogP contribution in [0.3, 0.4) is 0 Å². The van der Waals surface area contributed by atoms with Gasteiger partial charge in [-0.25, -0.2) is 0 Å². The van der Waals surface area contributed by atoms with Gasteiger partial charge in [0.1, 0.15) is 46.0 Å². The van der Waals surface area contributed by atoms with Crippen molar-refractivity contribution < 1.29 is 38.1 Å². The number of unbranched alkanes of at least 4 members (excludes halogenated alkanes) is 30. The Labute approximate surface area is 659 Å². The van der Waals surface area contributed by atoms with Crippen LogP contribution < -0.4 is 18.9 Å². The van der Waals surface area contributed by atoms with Crippen LogP contribution in [0.2, 0.25) is 0 Å². The Balaban J connectivity index is 1.06. The van der Waals surface area contributed by atoms with E-state index in [0.29, 0.717) is 124 Å². The van der Waals surface area contributed by atoms with Crippen LogP contribution in [0.25, 0.3) is 43.1 Å². The molecule has 0 radical (unpaired) electrons. The Morgan fingerprint density at radius 3 is 0.573 bits per heavy atom. The van der Waals surface area contributed by atoms with E-state index >= 15 is 19.2 Å². The van der Waals surface area contributed by atoms with Gasteiger partial charge in [-0.05, 0) is 130 Å². The van der Waals surface area contributed by atoms with E-state index in [-0.39, 0.29) is 34.7 Å². The third-order valence-electron chi connectivity index (χ3n) is 23.3. The summed E-state index contributed by atoms with van der Waals surface area (Å²) in [5.74, 6) is 1.69. The standard InChI is InChI=1S/C100H130N2O8/c1-15-17-19-21-23-25-27-29-31-33-35-37-39-41-43-45-63-101-93(103)77-65-81(107-73-55-47-69(48-56-73)97(3,4)5)87-89-83(109-75-59-51-71(52-60-75)99(9,10)11)67-79-86-80(96(106)102(95(79)105)64-46-44-42-40-38-36-34-32-30-28-26-24-22-20-18-16-2)68-84(110-76-61-53-72(54-62-76)100(12,13)14)90(92(86)89)88-82(66-78(94(101)104)85(77)91(87)88)108-74-57-49-70(50-58-74)98(6,7)8/h47-62,65-68H,15-46,63-64H2,1-14H3. The summed E-state index contributed by atoms with van der Waals surface area (Å²) in [6.07, 6.45) is 38.8. The van der Waals surface area contributed by atoms with Gasteiger partial charge in [-0.3, -0.25) is 29.0 Å². The van der Waals surface area contributed by atoms with E-state index < -0.39 is 23.6 Å². The number of rotatable bonds is 42. The van der Waals surface area contributed by atoms with Crippen LogP contribution in [-0.4, -0.2) is 46.5 Å². The van der Waals surface area contributed by atoms with Crippen molar-refractivity contribution in [3.8, 4) is 46.0 Å². The van der Waals surface area contributed by atoms with Crippen LogP contribution in [0, 0.1) is 0 Å². The Kier molecular flexibility index (Phi) is 28.1. The monoisotopic (exact) mass is 1490 g/mol. The average molecular weight is 1490 g/mol. The second-order valence-corrected chi connectivity index (χ2v) is 36.3. The van der Waals surface area contributed by atoms with E-state index in [2.05, 4.69) is 145 Å². The molecule has 0 unspecified atom stereocenters. The summed E-state index contributed by atoms with van der Waals surface area (Å²) in [7, 11) is 0. The number of imide groups is 2. The molecule has 2 aliphatic heterocycles. The summed E-state index contributed by atoms with van der Waals surface area (Å²) >= 11 is 0. The fourth-order valence-electron chi connectivity index (χ4n) is 16.6. The first-order chi connectivity index (χ1) is 52.8. The van der Waals surface area contributed by atoms with Gasteiger partial charge >= 0.3 is 0 Å². The third-order valence-corrected chi connectivity index (χ3v) is 23.3. The summed E-state index contributed by atoms with van der Waals surface area (Å²) in [5.41, 5.74) is 5.03. The molecule has 9 aromatic carbocycles. The largest absolute Gasteiger partial charge is 0.457 e. The molecule has 0 bridgehead atoms.